The van der Waals surface area contributed by atoms with Crippen LogP contribution in [0, 0.1) is 5.92 Å². The molecule has 16 nitrogen and oxygen atoms in total. The molecule has 1 saturated heterocycles. The van der Waals surface area contributed by atoms with E-state index in [0.717, 1.165) is 0 Å². The standard InChI is InChI=1S/C22H33N7O9/c1-10(2)16(32)27-19-26-15-12(17(33)28-19)25-9-29(15)18-14(13(31)11(8-30)36-18)37-20(34)23-6-7-24-21(35)38-22(3,4)5/h9-11,13-14,18,30-31H,6-8H2,1-5H3,(H,23,34)(H,24,35)(H2,26,27,28,32,33)/t11-,13-,14-,18-/m1/s1. The van der Waals surface area contributed by atoms with Gasteiger partial charge >= 0.3 is 12.2 Å². The van der Waals surface area contributed by atoms with Crippen molar-refractivity contribution in [1.82, 2.24) is 30.2 Å². The fraction of sp³-hybridized carbons (Fsp3) is 0.636. The summed E-state index contributed by atoms with van der Waals surface area (Å²) in [6, 6.07) is 0. The van der Waals surface area contributed by atoms with Gasteiger partial charge in [-0.2, -0.15) is 4.98 Å². The Morgan fingerprint density at radius 1 is 1.21 bits per heavy atom. The molecule has 0 aliphatic carbocycles. The van der Waals surface area contributed by atoms with Crippen LogP contribution in [0.1, 0.15) is 40.8 Å². The van der Waals surface area contributed by atoms with Crippen molar-refractivity contribution in [2.45, 2.75) is 64.8 Å². The molecule has 2 aromatic heterocycles. The first kappa shape index (κ1) is 28.8. The van der Waals surface area contributed by atoms with E-state index >= 15 is 0 Å². The summed E-state index contributed by atoms with van der Waals surface area (Å²) < 4.78 is 17.4. The zero-order valence-electron chi connectivity index (χ0n) is 21.7. The highest BCUT2D eigenvalue weighted by molar-refractivity contribution is 5.91. The number of nitrogens with one attached hydrogen (secondary N) is 4. The number of aliphatic hydroxyl groups is 2. The molecule has 210 valence electrons. The van der Waals surface area contributed by atoms with Gasteiger partial charge in [0.15, 0.2) is 23.5 Å². The Morgan fingerprint density at radius 2 is 1.87 bits per heavy atom. The molecule has 38 heavy (non-hydrogen) atoms. The highest BCUT2D eigenvalue weighted by Gasteiger charge is 2.47. The number of aromatic nitrogens is 4. The molecule has 0 radical (unpaired) electrons. The number of hydrogen-bond acceptors (Lipinski definition) is 11. The quantitative estimate of drug-likeness (QED) is 0.237. The van der Waals surface area contributed by atoms with Gasteiger partial charge in [0.05, 0.1) is 12.9 Å². The van der Waals surface area contributed by atoms with Gasteiger partial charge in [0.25, 0.3) is 5.56 Å². The molecule has 1 aliphatic rings. The van der Waals surface area contributed by atoms with Crippen molar-refractivity contribution in [2.75, 3.05) is 25.0 Å². The van der Waals surface area contributed by atoms with Crippen molar-refractivity contribution >= 4 is 35.2 Å². The number of amides is 3. The number of carbonyl (C=O) groups excluding carboxylic acids is 3. The van der Waals surface area contributed by atoms with E-state index in [1.165, 1.54) is 10.9 Å². The highest BCUT2D eigenvalue weighted by atomic mass is 16.6. The number of imidazole rings is 1. The van der Waals surface area contributed by atoms with Crippen LogP contribution in [0.4, 0.5) is 15.5 Å². The normalized spacial score (nSPS) is 21.4. The van der Waals surface area contributed by atoms with E-state index < -0.39 is 54.5 Å². The third-order valence-corrected chi connectivity index (χ3v) is 5.27. The second-order valence-electron chi connectivity index (χ2n) is 9.85. The lowest BCUT2D eigenvalue weighted by Gasteiger charge is -2.22. The Labute approximate surface area is 217 Å². The Hall–Kier alpha value is -3.76. The minimum absolute atomic E-state index is 0.0142. The summed E-state index contributed by atoms with van der Waals surface area (Å²) in [7, 11) is 0. The summed E-state index contributed by atoms with van der Waals surface area (Å²) in [5, 5.41) is 27.7. The van der Waals surface area contributed by atoms with E-state index in [4.69, 9.17) is 14.2 Å². The molecule has 3 amide bonds. The summed E-state index contributed by atoms with van der Waals surface area (Å²) in [5.74, 6) is -0.895. The van der Waals surface area contributed by atoms with Gasteiger partial charge in [0.2, 0.25) is 11.9 Å². The van der Waals surface area contributed by atoms with Gasteiger partial charge in [-0.1, -0.05) is 13.8 Å². The molecule has 6 N–H and O–H groups in total. The maximum Gasteiger partial charge on any atom is 0.407 e. The number of anilines is 1. The van der Waals surface area contributed by atoms with Crippen LogP contribution in [0.5, 0.6) is 0 Å². The predicted octanol–water partition coefficient (Wildman–Crippen LogP) is -0.416. The van der Waals surface area contributed by atoms with Crippen LogP contribution in [0.2, 0.25) is 0 Å². The third-order valence-electron chi connectivity index (χ3n) is 5.27. The Bertz CT molecular complexity index is 1220. The second kappa shape index (κ2) is 11.7. The zero-order valence-corrected chi connectivity index (χ0v) is 21.7. The van der Waals surface area contributed by atoms with Gasteiger partial charge < -0.3 is 35.1 Å². The fourth-order valence-electron chi connectivity index (χ4n) is 3.46. The molecule has 3 rings (SSSR count). The molecule has 16 heteroatoms. The Balaban J connectivity index is 1.74. The summed E-state index contributed by atoms with van der Waals surface area (Å²) >= 11 is 0. The molecule has 0 saturated carbocycles. The number of H-pyrrole nitrogens is 1. The number of nitrogens with zero attached hydrogens (tertiary/aromatic N) is 3. The number of aromatic amines is 1. The molecule has 0 unspecified atom stereocenters. The maximum atomic E-state index is 12.5. The van der Waals surface area contributed by atoms with Gasteiger partial charge in [0.1, 0.15) is 17.8 Å². The van der Waals surface area contributed by atoms with E-state index in [1.807, 2.05) is 0 Å². The number of hydrogen-bond donors (Lipinski definition) is 6. The van der Waals surface area contributed by atoms with E-state index in [0.29, 0.717) is 0 Å². The number of aliphatic hydroxyl groups excluding tert-OH is 2. The van der Waals surface area contributed by atoms with E-state index in [-0.39, 0.29) is 42.0 Å². The third kappa shape index (κ3) is 6.96. The first-order valence-electron chi connectivity index (χ1n) is 11.9. The SMILES string of the molecule is CC(C)C(=O)Nc1nc2c(ncn2[C@@H]2O[C@H](CO)[C@@H](O)[C@H]2OC(=O)NCCNC(=O)OC(C)(C)C)c(=O)[nH]1. The number of alkyl carbamates (subject to hydrolysis) is 2. The van der Waals surface area contributed by atoms with Crippen LogP contribution in [0.15, 0.2) is 11.1 Å². The molecule has 0 aromatic carbocycles. The van der Waals surface area contributed by atoms with Crippen LogP contribution >= 0.6 is 0 Å². The van der Waals surface area contributed by atoms with Crippen LogP contribution in [0.25, 0.3) is 11.2 Å². The topological polar surface area (TPSA) is 219 Å². The van der Waals surface area contributed by atoms with Gasteiger partial charge in [-0.15, -0.1) is 0 Å². The van der Waals surface area contributed by atoms with E-state index in [9.17, 15) is 29.4 Å². The first-order chi connectivity index (χ1) is 17.8. The second-order valence-corrected chi connectivity index (χ2v) is 9.85. The van der Waals surface area contributed by atoms with E-state index in [2.05, 4.69) is 30.9 Å². The lowest BCUT2D eigenvalue weighted by atomic mass is 10.1. The van der Waals surface area contributed by atoms with Gasteiger partial charge in [0, 0.05) is 19.0 Å². The molecule has 1 aliphatic heterocycles. The van der Waals surface area contributed by atoms with E-state index in [1.54, 1.807) is 34.6 Å². The minimum Gasteiger partial charge on any atom is -0.444 e. The summed E-state index contributed by atoms with van der Waals surface area (Å²) in [5.41, 5.74) is -1.42. The average molecular weight is 540 g/mol. The number of fused-ring (bicyclic) bond motifs is 1. The zero-order chi connectivity index (χ0) is 28.2. The molecule has 1 fully saturated rings. The van der Waals surface area contributed by atoms with Crippen molar-refractivity contribution in [3.8, 4) is 0 Å². The van der Waals surface area contributed by atoms with Crippen molar-refractivity contribution in [3.63, 3.8) is 0 Å². The fourth-order valence-corrected chi connectivity index (χ4v) is 3.46. The number of rotatable bonds is 8. The molecule has 4 atom stereocenters. The summed E-state index contributed by atoms with van der Waals surface area (Å²) in [6.07, 6.45) is -5.50. The summed E-state index contributed by atoms with van der Waals surface area (Å²) in [4.78, 5) is 59.4. The molecular weight excluding hydrogens is 506 g/mol. The van der Waals surface area contributed by atoms with Crippen LogP contribution < -0.4 is 21.5 Å². The van der Waals surface area contributed by atoms with Crippen molar-refractivity contribution < 1.29 is 38.8 Å². The molecule has 0 spiro atoms. The van der Waals surface area contributed by atoms with Gasteiger partial charge in [-0.25, -0.2) is 14.6 Å². The monoisotopic (exact) mass is 539 g/mol. The van der Waals surface area contributed by atoms with Crippen molar-refractivity contribution in [3.05, 3.63) is 16.7 Å². The van der Waals surface area contributed by atoms with Crippen LogP contribution in [-0.2, 0) is 19.0 Å². The maximum absolute atomic E-state index is 12.5. The lowest BCUT2D eigenvalue weighted by molar-refractivity contribution is -0.118. The molecule has 0 bridgehead atoms. The van der Waals surface area contributed by atoms with Gasteiger partial charge in [-0.05, 0) is 20.8 Å². The number of carbonyl (C=O) groups is 3. The lowest BCUT2D eigenvalue weighted by Crippen LogP contribution is -2.42. The minimum atomic E-state index is -1.44. The largest absolute Gasteiger partial charge is 0.444 e. The summed E-state index contributed by atoms with van der Waals surface area (Å²) in [6.45, 7) is 7.91. The molecular formula is C22H33N7O9. The Kier molecular flexibility index (Phi) is 8.90. The highest BCUT2D eigenvalue weighted by Crippen LogP contribution is 2.33. The smallest absolute Gasteiger partial charge is 0.407 e. The van der Waals surface area contributed by atoms with Crippen molar-refractivity contribution in [2.24, 2.45) is 5.92 Å². The predicted molar refractivity (Wildman–Crippen MR) is 131 cm³/mol. The average Bonchev–Trinajstić information content (AvgIpc) is 3.36. The molecule has 3 heterocycles. The van der Waals surface area contributed by atoms with Crippen molar-refractivity contribution in [1.29, 1.82) is 0 Å². The van der Waals surface area contributed by atoms with Crippen LogP contribution in [-0.4, -0.2) is 91.4 Å². The van der Waals surface area contributed by atoms with Crippen LogP contribution in [0.3, 0.4) is 0 Å². The first-order valence-corrected chi connectivity index (χ1v) is 11.9. The number of ether oxygens (including phenoxy) is 3. The molecule has 2 aromatic rings. The van der Waals surface area contributed by atoms with Gasteiger partial charge in [-0.3, -0.25) is 24.5 Å². The Morgan fingerprint density at radius 3 is 2.47 bits per heavy atom.